The van der Waals surface area contributed by atoms with Crippen molar-refractivity contribution in [1.29, 1.82) is 0 Å². The molecule has 1 amide bonds. The Labute approximate surface area is 142 Å². The molecular weight excluding hydrogens is 314 g/mol. The monoisotopic (exact) mass is 337 g/mol. The van der Waals surface area contributed by atoms with Crippen molar-refractivity contribution in [2.75, 3.05) is 13.7 Å². The minimum absolute atomic E-state index is 0.0301. The van der Waals surface area contributed by atoms with E-state index >= 15 is 0 Å². The molecule has 0 N–H and O–H groups in total. The number of amides is 1. The van der Waals surface area contributed by atoms with E-state index in [1.807, 2.05) is 4.90 Å². The number of hydrogen-bond donors (Lipinski definition) is 0. The zero-order valence-corrected chi connectivity index (χ0v) is 14.3. The molecule has 0 unspecified atom stereocenters. The van der Waals surface area contributed by atoms with Crippen LogP contribution in [0.1, 0.15) is 55.3 Å². The fourth-order valence-corrected chi connectivity index (χ4v) is 3.22. The molecule has 2 rings (SSSR count). The molecule has 0 radical (unpaired) electrons. The van der Waals surface area contributed by atoms with Crippen molar-refractivity contribution in [3.63, 3.8) is 0 Å². The Kier molecular flexibility index (Phi) is 6.90. The van der Waals surface area contributed by atoms with Crippen LogP contribution in [0.15, 0.2) is 24.3 Å². The van der Waals surface area contributed by atoms with Gasteiger partial charge in [-0.25, -0.2) is 0 Å². The van der Waals surface area contributed by atoms with Gasteiger partial charge >= 0.3 is 5.97 Å². The summed E-state index contributed by atoms with van der Waals surface area (Å²) in [6.45, 7) is 0.402. The average molecular weight is 338 g/mol. The molecule has 126 valence electrons. The van der Waals surface area contributed by atoms with Crippen LogP contribution in [0.5, 0.6) is 0 Å². The lowest BCUT2D eigenvalue weighted by molar-refractivity contribution is -0.140. The highest BCUT2D eigenvalue weighted by Crippen LogP contribution is 2.24. The molecule has 23 heavy (non-hydrogen) atoms. The molecule has 1 fully saturated rings. The highest BCUT2D eigenvalue weighted by molar-refractivity contribution is 6.30. The minimum Gasteiger partial charge on any atom is -0.469 e. The number of methoxy groups -OCH3 is 1. The summed E-state index contributed by atoms with van der Waals surface area (Å²) in [7, 11) is 1.37. The Morgan fingerprint density at radius 3 is 2.30 bits per heavy atom. The van der Waals surface area contributed by atoms with Crippen molar-refractivity contribution in [3.8, 4) is 0 Å². The van der Waals surface area contributed by atoms with E-state index in [-0.39, 0.29) is 24.3 Å². The highest BCUT2D eigenvalue weighted by atomic mass is 35.5. The summed E-state index contributed by atoms with van der Waals surface area (Å²) in [5, 5.41) is 0.608. The standard InChI is InChI=1S/C18H24ClNO3/c1-23-17(21)12-13-20(16-6-4-2-3-5-7-16)18(22)14-8-10-15(19)11-9-14/h8-11,16H,2-7,12-13H2,1H3. The van der Waals surface area contributed by atoms with Gasteiger partial charge in [-0.1, -0.05) is 37.3 Å². The lowest BCUT2D eigenvalue weighted by Crippen LogP contribution is -2.41. The van der Waals surface area contributed by atoms with E-state index in [2.05, 4.69) is 0 Å². The third kappa shape index (κ3) is 5.24. The van der Waals surface area contributed by atoms with Crippen LogP contribution in [0.25, 0.3) is 0 Å². The SMILES string of the molecule is COC(=O)CCN(C(=O)c1ccc(Cl)cc1)C1CCCCCC1. The summed E-state index contributed by atoms with van der Waals surface area (Å²) in [5.74, 6) is -0.315. The van der Waals surface area contributed by atoms with Crippen LogP contribution in [-0.4, -0.2) is 36.5 Å². The van der Waals surface area contributed by atoms with E-state index in [0.717, 1.165) is 25.7 Å². The summed E-state index contributed by atoms with van der Waals surface area (Å²) in [5.41, 5.74) is 0.614. The number of benzene rings is 1. The van der Waals surface area contributed by atoms with Gasteiger partial charge in [0.1, 0.15) is 0 Å². The van der Waals surface area contributed by atoms with Gasteiger partial charge in [0.25, 0.3) is 5.91 Å². The van der Waals surface area contributed by atoms with E-state index in [0.29, 0.717) is 17.1 Å². The van der Waals surface area contributed by atoms with Gasteiger partial charge in [0.2, 0.25) is 0 Å². The van der Waals surface area contributed by atoms with Crippen LogP contribution in [0.3, 0.4) is 0 Å². The molecule has 1 aliphatic carbocycles. The molecule has 1 aliphatic rings. The molecular formula is C18H24ClNO3. The highest BCUT2D eigenvalue weighted by Gasteiger charge is 2.26. The first-order valence-corrected chi connectivity index (χ1v) is 8.63. The van der Waals surface area contributed by atoms with Gasteiger partial charge < -0.3 is 9.64 Å². The summed E-state index contributed by atoms with van der Waals surface area (Å²) < 4.78 is 4.72. The van der Waals surface area contributed by atoms with Crippen molar-refractivity contribution in [1.82, 2.24) is 4.90 Å². The van der Waals surface area contributed by atoms with Crippen LogP contribution in [0.4, 0.5) is 0 Å². The third-order valence-corrected chi connectivity index (χ3v) is 4.65. The van der Waals surface area contributed by atoms with Gasteiger partial charge in [-0.05, 0) is 37.1 Å². The molecule has 0 aliphatic heterocycles. The van der Waals surface area contributed by atoms with Crippen LogP contribution in [-0.2, 0) is 9.53 Å². The number of carbonyl (C=O) groups excluding carboxylic acids is 2. The van der Waals surface area contributed by atoms with Crippen molar-refractivity contribution in [3.05, 3.63) is 34.9 Å². The summed E-state index contributed by atoms with van der Waals surface area (Å²) >= 11 is 5.90. The van der Waals surface area contributed by atoms with Gasteiger partial charge in [0, 0.05) is 23.2 Å². The lowest BCUT2D eigenvalue weighted by atomic mass is 10.0. The van der Waals surface area contributed by atoms with Gasteiger partial charge in [0.05, 0.1) is 13.5 Å². The number of carbonyl (C=O) groups is 2. The zero-order valence-electron chi connectivity index (χ0n) is 13.6. The molecule has 1 aromatic rings. The van der Waals surface area contributed by atoms with Crippen LogP contribution < -0.4 is 0 Å². The van der Waals surface area contributed by atoms with E-state index < -0.39 is 0 Å². The minimum atomic E-state index is -0.285. The fraction of sp³-hybridized carbons (Fsp3) is 0.556. The molecule has 0 saturated heterocycles. The van der Waals surface area contributed by atoms with Gasteiger partial charge in [-0.15, -0.1) is 0 Å². The molecule has 4 nitrogen and oxygen atoms in total. The second-order valence-electron chi connectivity index (χ2n) is 5.98. The molecule has 1 saturated carbocycles. The van der Waals surface area contributed by atoms with Crippen molar-refractivity contribution in [2.45, 2.75) is 51.0 Å². The second-order valence-corrected chi connectivity index (χ2v) is 6.41. The largest absolute Gasteiger partial charge is 0.469 e. The second kappa shape index (κ2) is 8.92. The molecule has 0 bridgehead atoms. The first kappa shape index (κ1) is 17.8. The Hall–Kier alpha value is -1.55. The maximum atomic E-state index is 12.9. The molecule has 5 heteroatoms. The van der Waals surface area contributed by atoms with Gasteiger partial charge in [0.15, 0.2) is 0 Å². The zero-order chi connectivity index (χ0) is 16.7. The Balaban J connectivity index is 2.14. The van der Waals surface area contributed by atoms with E-state index in [9.17, 15) is 9.59 Å². The van der Waals surface area contributed by atoms with Crippen molar-refractivity contribution >= 4 is 23.5 Å². The number of nitrogens with zero attached hydrogens (tertiary/aromatic N) is 1. The first-order valence-electron chi connectivity index (χ1n) is 8.25. The number of hydrogen-bond acceptors (Lipinski definition) is 3. The first-order chi connectivity index (χ1) is 11.1. The predicted octanol–water partition coefficient (Wildman–Crippen LogP) is 4.07. The van der Waals surface area contributed by atoms with Crippen LogP contribution >= 0.6 is 11.6 Å². The summed E-state index contributed by atoms with van der Waals surface area (Å²) in [4.78, 5) is 26.2. The van der Waals surface area contributed by atoms with Crippen LogP contribution in [0, 0.1) is 0 Å². The molecule has 0 atom stereocenters. The van der Waals surface area contributed by atoms with E-state index in [4.69, 9.17) is 16.3 Å². The smallest absolute Gasteiger partial charge is 0.307 e. The molecule has 0 heterocycles. The maximum Gasteiger partial charge on any atom is 0.307 e. The molecule has 0 aromatic heterocycles. The van der Waals surface area contributed by atoms with Crippen molar-refractivity contribution in [2.24, 2.45) is 0 Å². The van der Waals surface area contributed by atoms with E-state index in [1.54, 1.807) is 24.3 Å². The Bertz CT molecular complexity index is 522. The van der Waals surface area contributed by atoms with Gasteiger partial charge in [-0.2, -0.15) is 0 Å². The summed E-state index contributed by atoms with van der Waals surface area (Å²) in [6.07, 6.45) is 6.93. The number of ether oxygens (including phenoxy) is 1. The predicted molar refractivity (Wildman–Crippen MR) is 90.6 cm³/mol. The Morgan fingerprint density at radius 2 is 1.74 bits per heavy atom. The fourth-order valence-electron chi connectivity index (χ4n) is 3.09. The maximum absolute atomic E-state index is 12.9. The summed E-state index contributed by atoms with van der Waals surface area (Å²) in [6, 6.07) is 7.13. The molecule has 0 spiro atoms. The lowest BCUT2D eigenvalue weighted by Gasteiger charge is -2.31. The van der Waals surface area contributed by atoms with E-state index in [1.165, 1.54) is 20.0 Å². The van der Waals surface area contributed by atoms with Gasteiger partial charge in [-0.3, -0.25) is 9.59 Å². The Morgan fingerprint density at radius 1 is 1.13 bits per heavy atom. The average Bonchev–Trinajstić information content (AvgIpc) is 2.84. The van der Waals surface area contributed by atoms with Crippen LogP contribution in [0.2, 0.25) is 5.02 Å². The topological polar surface area (TPSA) is 46.6 Å². The quantitative estimate of drug-likeness (QED) is 0.601. The number of esters is 1. The van der Waals surface area contributed by atoms with Crippen molar-refractivity contribution < 1.29 is 14.3 Å². The normalized spacial score (nSPS) is 15.7. The number of halogens is 1. The number of rotatable bonds is 5. The third-order valence-electron chi connectivity index (χ3n) is 4.40. The molecule has 1 aromatic carbocycles.